The number of rotatable bonds is 3. The first-order valence-electron chi connectivity index (χ1n) is 5.10. The SMILES string of the molecule is CNC(c1ccncc1F)c1ccncc1Cl. The molecule has 0 aliphatic rings. The second-order valence-corrected chi connectivity index (χ2v) is 3.92. The summed E-state index contributed by atoms with van der Waals surface area (Å²) in [5.41, 5.74) is 1.30. The molecule has 0 spiro atoms. The first-order chi connectivity index (χ1) is 8.24. The quantitative estimate of drug-likeness (QED) is 0.911. The molecule has 0 bridgehead atoms. The number of nitrogens with one attached hydrogen (secondary N) is 1. The van der Waals surface area contributed by atoms with E-state index < -0.39 is 0 Å². The van der Waals surface area contributed by atoms with Crippen LogP contribution in [0.3, 0.4) is 0 Å². The first kappa shape index (κ1) is 12.0. The average molecular weight is 252 g/mol. The van der Waals surface area contributed by atoms with Crippen LogP contribution < -0.4 is 5.32 Å². The van der Waals surface area contributed by atoms with Crippen molar-refractivity contribution in [2.24, 2.45) is 0 Å². The van der Waals surface area contributed by atoms with Crippen LogP contribution in [0.2, 0.25) is 5.02 Å². The summed E-state index contributed by atoms with van der Waals surface area (Å²) in [6.07, 6.45) is 5.91. The van der Waals surface area contributed by atoms with E-state index in [1.165, 1.54) is 6.20 Å². The molecular formula is C12H11ClFN3. The lowest BCUT2D eigenvalue weighted by atomic mass is 10.0. The summed E-state index contributed by atoms with van der Waals surface area (Å²) in [5, 5.41) is 3.54. The summed E-state index contributed by atoms with van der Waals surface area (Å²) >= 11 is 6.06. The van der Waals surface area contributed by atoms with Crippen molar-refractivity contribution >= 4 is 11.6 Å². The molecule has 0 amide bonds. The molecule has 0 aliphatic heterocycles. The van der Waals surface area contributed by atoms with Crippen LogP contribution in [0.5, 0.6) is 0 Å². The van der Waals surface area contributed by atoms with Crippen molar-refractivity contribution in [2.75, 3.05) is 7.05 Å². The van der Waals surface area contributed by atoms with Gasteiger partial charge in [-0.25, -0.2) is 4.39 Å². The van der Waals surface area contributed by atoms with Crippen LogP contribution in [-0.2, 0) is 0 Å². The van der Waals surface area contributed by atoms with Crippen LogP contribution in [0.15, 0.2) is 36.9 Å². The van der Waals surface area contributed by atoms with Gasteiger partial charge in [0.2, 0.25) is 0 Å². The highest BCUT2D eigenvalue weighted by molar-refractivity contribution is 6.31. The van der Waals surface area contributed by atoms with Crippen molar-refractivity contribution in [1.29, 1.82) is 0 Å². The molecule has 0 radical (unpaired) electrons. The number of hydrogen-bond acceptors (Lipinski definition) is 3. The minimum absolute atomic E-state index is 0.312. The maximum atomic E-state index is 13.7. The van der Waals surface area contributed by atoms with Crippen LogP contribution in [0.25, 0.3) is 0 Å². The van der Waals surface area contributed by atoms with Crippen molar-refractivity contribution in [3.8, 4) is 0 Å². The Balaban J connectivity index is 2.48. The third kappa shape index (κ3) is 2.43. The summed E-state index contributed by atoms with van der Waals surface area (Å²) in [6.45, 7) is 0. The molecule has 0 aromatic carbocycles. The molecule has 1 N–H and O–H groups in total. The highest BCUT2D eigenvalue weighted by atomic mass is 35.5. The lowest BCUT2D eigenvalue weighted by Crippen LogP contribution is -2.19. The second-order valence-electron chi connectivity index (χ2n) is 3.52. The Morgan fingerprint density at radius 3 is 2.41 bits per heavy atom. The molecule has 1 unspecified atom stereocenters. The summed E-state index contributed by atoms with van der Waals surface area (Å²) < 4.78 is 13.7. The second kappa shape index (κ2) is 5.21. The monoisotopic (exact) mass is 251 g/mol. The van der Waals surface area contributed by atoms with Gasteiger partial charge in [-0.3, -0.25) is 9.97 Å². The van der Waals surface area contributed by atoms with Crippen LogP contribution in [0.4, 0.5) is 4.39 Å². The van der Waals surface area contributed by atoms with Gasteiger partial charge in [0.1, 0.15) is 5.82 Å². The van der Waals surface area contributed by atoms with Crippen LogP contribution in [-0.4, -0.2) is 17.0 Å². The number of halogens is 2. The Bertz CT molecular complexity index is 473. The molecule has 0 fully saturated rings. The van der Waals surface area contributed by atoms with E-state index in [0.29, 0.717) is 10.6 Å². The minimum Gasteiger partial charge on any atom is -0.309 e. The first-order valence-corrected chi connectivity index (χ1v) is 5.48. The minimum atomic E-state index is -0.361. The molecule has 17 heavy (non-hydrogen) atoms. The molecule has 2 rings (SSSR count). The predicted octanol–water partition coefficient (Wildman–Crippen LogP) is 2.58. The third-order valence-corrected chi connectivity index (χ3v) is 2.83. The van der Waals surface area contributed by atoms with Gasteiger partial charge in [-0.15, -0.1) is 0 Å². The molecule has 88 valence electrons. The van der Waals surface area contributed by atoms with Crippen molar-refractivity contribution in [2.45, 2.75) is 6.04 Å². The number of pyridine rings is 2. The summed E-state index contributed by atoms with van der Waals surface area (Å²) in [6, 6.07) is 3.09. The van der Waals surface area contributed by atoms with Crippen LogP contribution in [0, 0.1) is 5.82 Å². The van der Waals surface area contributed by atoms with Crippen molar-refractivity contribution in [1.82, 2.24) is 15.3 Å². The average Bonchev–Trinajstić information content (AvgIpc) is 2.34. The topological polar surface area (TPSA) is 37.8 Å². The van der Waals surface area contributed by atoms with Crippen molar-refractivity contribution in [3.05, 3.63) is 58.9 Å². The van der Waals surface area contributed by atoms with Gasteiger partial charge in [-0.1, -0.05) is 11.6 Å². The fourth-order valence-corrected chi connectivity index (χ4v) is 1.95. The van der Waals surface area contributed by atoms with Gasteiger partial charge >= 0.3 is 0 Å². The molecule has 2 heterocycles. The van der Waals surface area contributed by atoms with Gasteiger partial charge < -0.3 is 5.32 Å². The van der Waals surface area contributed by atoms with E-state index in [4.69, 9.17) is 11.6 Å². The molecule has 2 aromatic heterocycles. The predicted molar refractivity (Wildman–Crippen MR) is 64.3 cm³/mol. The molecule has 3 nitrogen and oxygen atoms in total. The zero-order valence-electron chi connectivity index (χ0n) is 9.19. The summed E-state index contributed by atoms with van der Waals surface area (Å²) in [7, 11) is 1.75. The van der Waals surface area contributed by atoms with Crippen molar-refractivity contribution < 1.29 is 4.39 Å². The molecule has 2 aromatic rings. The van der Waals surface area contributed by atoms with E-state index >= 15 is 0 Å². The summed E-state index contributed by atoms with van der Waals surface area (Å²) in [4.78, 5) is 7.64. The maximum absolute atomic E-state index is 13.7. The lowest BCUT2D eigenvalue weighted by molar-refractivity contribution is 0.570. The largest absolute Gasteiger partial charge is 0.309 e. The lowest BCUT2D eigenvalue weighted by Gasteiger charge is -2.18. The van der Waals surface area contributed by atoms with E-state index in [1.54, 1.807) is 37.8 Å². The smallest absolute Gasteiger partial charge is 0.146 e. The highest BCUT2D eigenvalue weighted by Gasteiger charge is 2.18. The van der Waals surface area contributed by atoms with E-state index in [-0.39, 0.29) is 11.9 Å². The molecule has 0 saturated carbocycles. The third-order valence-electron chi connectivity index (χ3n) is 2.52. The fraction of sp³-hybridized carbons (Fsp3) is 0.167. The van der Waals surface area contributed by atoms with E-state index in [9.17, 15) is 4.39 Å². The number of hydrogen-bond donors (Lipinski definition) is 1. The van der Waals surface area contributed by atoms with Crippen LogP contribution in [0.1, 0.15) is 17.2 Å². The fourth-order valence-electron chi connectivity index (χ4n) is 1.72. The molecule has 0 aliphatic carbocycles. The Morgan fingerprint density at radius 2 is 1.82 bits per heavy atom. The summed E-state index contributed by atoms with van der Waals surface area (Å²) in [5.74, 6) is -0.361. The van der Waals surface area contributed by atoms with Gasteiger partial charge in [0, 0.05) is 24.2 Å². The normalized spacial score (nSPS) is 12.4. The maximum Gasteiger partial charge on any atom is 0.146 e. The van der Waals surface area contributed by atoms with Gasteiger partial charge in [-0.05, 0) is 24.7 Å². The van der Waals surface area contributed by atoms with E-state index in [1.807, 2.05) is 0 Å². The van der Waals surface area contributed by atoms with Crippen LogP contribution >= 0.6 is 11.6 Å². The van der Waals surface area contributed by atoms with E-state index in [2.05, 4.69) is 15.3 Å². The Hall–Kier alpha value is -1.52. The van der Waals surface area contributed by atoms with Gasteiger partial charge in [0.25, 0.3) is 0 Å². The van der Waals surface area contributed by atoms with Gasteiger partial charge in [0.05, 0.1) is 17.3 Å². The van der Waals surface area contributed by atoms with Gasteiger partial charge in [-0.2, -0.15) is 0 Å². The molecule has 1 atom stereocenters. The number of aromatic nitrogens is 2. The Labute approximate surface area is 104 Å². The molecule has 5 heteroatoms. The van der Waals surface area contributed by atoms with Gasteiger partial charge in [0.15, 0.2) is 0 Å². The molecule has 0 saturated heterocycles. The number of nitrogens with zero attached hydrogens (tertiary/aromatic N) is 2. The van der Waals surface area contributed by atoms with E-state index in [0.717, 1.165) is 5.56 Å². The standard InChI is InChI=1S/C12H11ClFN3/c1-15-12(8-2-4-16-6-10(8)13)9-3-5-17-7-11(9)14/h2-7,12,15H,1H3. The van der Waals surface area contributed by atoms with Crippen molar-refractivity contribution in [3.63, 3.8) is 0 Å². The Morgan fingerprint density at radius 1 is 1.18 bits per heavy atom. The molecular weight excluding hydrogens is 241 g/mol. The highest BCUT2D eigenvalue weighted by Crippen LogP contribution is 2.28. The zero-order chi connectivity index (χ0) is 12.3. The Kier molecular flexibility index (Phi) is 3.66. The zero-order valence-corrected chi connectivity index (χ0v) is 9.95.